The van der Waals surface area contributed by atoms with Crippen LogP contribution in [-0.2, 0) is 6.18 Å². The molecule has 0 unspecified atom stereocenters. The van der Waals surface area contributed by atoms with Crippen molar-refractivity contribution in [2.75, 3.05) is 0 Å². The summed E-state index contributed by atoms with van der Waals surface area (Å²) in [5.74, 6) is -1.21. The molecule has 3 rings (SSSR count). The van der Waals surface area contributed by atoms with Crippen LogP contribution in [0.3, 0.4) is 0 Å². The molecule has 0 radical (unpaired) electrons. The van der Waals surface area contributed by atoms with Crippen LogP contribution < -0.4 is 10.9 Å². The van der Waals surface area contributed by atoms with Crippen molar-refractivity contribution in [1.29, 1.82) is 0 Å². The summed E-state index contributed by atoms with van der Waals surface area (Å²) in [6, 6.07) is 8.62. The number of hydrazine groups is 1. The summed E-state index contributed by atoms with van der Waals surface area (Å²) in [6.07, 6.45) is -2.52. The summed E-state index contributed by atoms with van der Waals surface area (Å²) in [6.45, 7) is 3.60. The van der Waals surface area contributed by atoms with E-state index in [0.717, 1.165) is 10.5 Å². The normalized spacial score (nSPS) is 11.5. The minimum atomic E-state index is -4.51. The quantitative estimate of drug-likeness (QED) is 0.529. The lowest BCUT2D eigenvalue weighted by molar-refractivity contribution is -0.137. The van der Waals surface area contributed by atoms with Gasteiger partial charge in [0.25, 0.3) is 11.8 Å². The van der Waals surface area contributed by atoms with Crippen molar-refractivity contribution in [3.05, 3.63) is 75.6 Å². The molecule has 2 amide bonds. The van der Waals surface area contributed by atoms with Gasteiger partial charge in [0.2, 0.25) is 0 Å². The molecule has 0 atom stereocenters. The number of nitrogens with one attached hydrogen (secondary N) is 2. The zero-order valence-corrected chi connectivity index (χ0v) is 18.0. The summed E-state index contributed by atoms with van der Waals surface area (Å²) in [4.78, 5) is 28.6. The van der Waals surface area contributed by atoms with Crippen LogP contribution in [0.1, 0.15) is 51.7 Å². The van der Waals surface area contributed by atoms with Gasteiger partial charge in [-0.05, 0) is 42.3 Å². The highest BCUT2D eigenvalue weighted by Gasteiger charge is 2.31. The predicted octanol–water partition coefficient (Wildman–Crippen LogP) is 4.25. The van der Waals surface area contributed by atoms with E-state index in [2.05, 4.69) is 36.9 Å². The summed E-state index contributed by atoms with van der Waals surface area (Å²) >= 11 is 3.27. The number of nitrogens with zero attached hydrogens (tertiary/aromatic N) is 3. The Balaban J connectivity index is 1.80. The van der Waals surface area contributed by atoms with Crippen LogP contribution in [0.5, 0.6) is 0 Å². The lowest BCUT2D eigenvalue weighted by Crippen LogP contribution is -2.41. The van der Waals surface area contributed by atoms with Crippen molar-refractivity contribution in [2.24, 2.45) is 0 Å². The molecule has 0 aliphatic rings. The molecular formula is C20H17BrF3N5O2. The van der Waals surface area contributed by atoms with Crippen molar-refractivity contribution in [3.8, 4) is 5.82 Å². The molecule has 0 aliphatic heterocycles. The number of carbonyl (C=O) groups excluding carboxylic acids is 2. The first-order chi connectivity index (χ1) is 14.6. The number of halogens is 4. The minimum absolute atomic E-state index is 0.134. The molecule has 2 aromatic heterocycles. The lowest BCUT2D eigenvalue weighted by atomic mass is 10.1. The van der Waals surface area contributed by atoms with E-state index in [1.807, 2.05) is 0 Å². The number of amides is 2. The maximum Gasteiger partial charge on any atom is 0.417 e. The van der Waals surface area contributed by atoms with Gasteiger partial charge in [0.05, 0.1) is 23.0 Å². The predicted molar refractivity (Wildman–Crippen MR) is 110 cm³/mol. The third kappa shape index (κ3) is 5.10. The Labute approximate surface area is 183 Å². The van der Waals surface area contributed by atoms with E-state index in [9.17, 15) is 22.8 Å². The third-order valence-corrected chi connectivity index (χ3v) is 4.81. The summed E-state index contributed by atoms with van der Waals surface area (Å²) in [7, 11) is 0. The van der Waals surface area contributed by atoms with Gasteiger partial charge in [0, 0.05) is 16.2 Å². The first-order valence-electron chi connectivity index (χ1n) is 9.05. The van der Waals surface area contributed by atoms with Crippen molar-refractivity contribution in [1.82, 2.24) is 25.6 Å². The van der Waals surface area contributed by atoms with Gasteiger partial charge in [0.1, 0.15) is 0 Å². The van der Waals surface area contributed by atoms with Crippen LogP contribution in [0.25, 0.3) is 5.82 Å². The number of hydrogen-bond acceptors (Lipinski definition) is 4. The second-order valence-electron chi connectivity index (χ2n) is 6.83. The lowest BCUT2D eigenvalue weighted by Gasteiger charge is -2.13. The number of carbonyl (C=O) groups is 2. The van der Waals surface area contributed by atoms with Crippen LogP contribution in [0.15, 0.2) is 53.3 Å². The zero-order chi connectivity index (χ0) is 22.8. The topological polar surface area (TPSA) is 88.9 Å². The SMILES string of the molecule is CC(C)c1c(C(=O)NNC(=O)c2ccc(Br)cc2)cnn1-c1ccc(C(F)(F)F)cn1. The molecule has 1 aromatic carbocycles. The second-order valence-corrected chi connectivity index (χ2v) is 7.74. The highest BCUT2D eigenvalue weighted by Crippen LogP contribution is 2.29. The van der Waals surface area contributed by atoms with Gasteiger partial charge >= 0.3 is 6.18 Å². The van der Waals surface area contributed by atoms with E-state index in [4.69, 9.17) is 0 Å². The third-order valence-electron chi connectivity index (χ3n) is 4.29. The second kappa shape index (κ2) is 8.88. The van der Waals surface area contributed by atoms with E-state index in [0.29, 0.717) is 17.5 Å². The first-order valence-corrected chi connectivity index (χ1v) is 9.85. The average Bonchev–Trinajstić information content (AvgIpc) is 3.17. The van der Waals surface area contributed by atoms with Gasteiger partial charge in [-0.2, -0.15) is 18.3 Å². The molecule has 3 aromatic rings. The highest BCUT2D eigenvalue weighted by molar-refractivity contribution is 9.10. The van der Waals surface area contributed by atoms with Crippen molar-refractivity contribution >= 4 is 27.7 Å². The number of benzene rings is 1. The maximum atomic E-state index is 12.8. The Morgan fingerprint density at radius 1 is 1.00 bits per heavy atom. The fourth-order valence-corrected chi connectivity index (χ4v) is 3.07. The fraction of sp³-hybridized carbons (Fsp3) is 0.200. The van der Waals surface area contributed by atoms with E-state index < -0.39 is 23.6 Å². The minimum Gasteiger partial charge on any atom is -0.267 e. The van der Waals surface area contributed by atoms with Crippen molar-refractivity contribution in [2.45, 2.75) is 25.9 Å². The zero-order valence-electron chi connectivity index (χ0n) is 16.4. The van der Waals surface area contributed by atoms with Crippen LogP contribution in [0.4, 0.5) is 13.2 Å². The Hall–Kier alpha value is -3.21. The molecule has 0 bridgehead atoms. The Bertz CT molecular complexity index is 1090. The van der Waals surface area contributed by atoms with E-state index in [1.54, 1.807) is 38.1 Å². The van der Waals surface area contributed by atoms with E-state index in [-0.39, 0.29) is 17.3 Å². The average molecular weight is 496 g/mol. The van der Waals surface area contributed by atoms with Gasteiger partial charge in [-0.1, -0.05) is 29.8 Å². The molecule has 0 saturated heterocycles. The van der Waals surface area contributed by atoms with Crippen LogP contribution in [-0.4, -0.2) is 26.6 Å². The molecule has 7 nitrogen and oxygen atoms in total. The van der Waals surface area contributed by atoms with Gasteiger partial charge in [-0.15, -0.1) is 0 Å². The number of alkyl halides is 3. The number of hydrogen-bond donors (Lipinski definition) is 2. The fourth-order valence-electron chi connectivity index (χ4n) is 2.80. The summed E-state index contributed by atoms with van der Waals surface area (Å²) in [5, 5.41) is 4.11. The van der Waals surface area contributed by atoms with Crippen molar-refractivity contribution in [3.63, 3.8) is 0 Å². The van der Waals surface area contributed by atoms with Gasteiger partial charge in [0.15, 0.2) is 5.82 Å². The van der Waals surface area contributed by atoms with Crippen LogP contribution in [0.2, 0.25) is 0 Å². The number of aromatic nitrogens is 3. The number of pyridine rings is 1. The highest BCUT2D eigenvalue weighted by atomic mass is 79.9. The first kappa shape index (κ1) is 22.5. The Kier molecular flexibility index (Phi) is 6.44. The van der Waals surface area contributed by atoms with Gasteiger partial charge in [-0.25, -0.2) is 9.67 Å². The van der Waals surface area contributed by atoms with Crippen molar-refractivity contribution < 1.29 is 22.8 Å². The maximum absolute atomic E-state index is 12.8. The molecule has 31 heavy (non-hydrogen) atoms. The van der Waals surface area contributed by atoms with Crippen LogP contribution in [0, 0.1) is 0 Å². The molecule has 0 spiro atoms. The molecule has 2 N–H and O–H groups in total. The summed E-state index contributed by atoms with van der Waals surface area (Å²) in [5.41, 5.74) is 4.70. The molecule has 0 aliphatic carbocycles. The van der Waals surface area contributed by atoms with Gasteiger partial charge < -0.3 is 0 Å². The van der Waals surface area contributed by atoms with Crippen LogP contribution >= 0.6 is 15.9 Å². The van der Waals surface area contributed by atoms with Gasteiger partial charge in [-0.3, -0.25) is 20.4 Å². The van der Waals surface area contributed by atoms with E-state index in [1.165, 1.54) is 16.9 Å². The molecule has 0 saturated carbocycles. The summed E-state index contributed by atoms with van der Waals surface area (Å²) < 4.78 is 40.4. The molecule has 2 heterocycles. The smallest absolute Gasteiger partial charge is 0.267 e. The molecule has 11 heteroatoms. The molecule has 0 fully saturated rings. The molecule has 162 valence electrons. The molecular weight excluding hydrogens is 479 g/mol. The largest absolute Gasteiger partial charge is 0.417 e. The standard InChI is InChI=1S/C20H17BrF3N5O2/c1-11(2)17-15(19(31)28-27-18(30)12-3-6-14(21)7-4-12)10-26-29(17)16-8-5-13(9-25-16)20(22,23)24/h3-11H,1-2H3,(H,27,30)(H,28,31). The Morgan fingerprint density at radius 2 is 1.65 bits per heavy atom. The monoisotopic (exact) mass is 495 g/mol. The van der Waals surface area contributed by atoms with E-state index >= 15 is 0 Å². The Morgan fingerprint density at radius 3 is 2.19 bits per heavy atom. The number of rotatable bonds is 4.